The first-order valence-electron chi connectivity index (χ1n) is 5.90. The van der Waals surface area contributed by atoms with E-state index in [-0.39, 0.29) is 16.6 Å². The lowest BCUT2D eigenvalue weighted by molar-refractivity contribution is -0.387. The molecule has 1 fully saturated rings. The molecular formula is C11H15N3O4S. The van der Waals surface area contributed by atoms with Crippen LogP contribution in [0.25, 0.3) is 0 Å². The second kappa shape index (κ2) is 5.24. The quantitative estimate of drug-likeness (QED) is 0.647. The molecule has 19 heavy (non-hydrogen) atoms. The Morgan fingerprint density at radius 1 is 1.42 bits per heavy atom. The van der Waals surface area contributed by atoms with Crippen LogP contribution in [-0.4, -0.2) is 43.3 Å². The molecule has 1 aliphatic rings. The van der Waals surface area contributed by atoms with Gasteiger partial charge in [-0.05, 0) is 13.0 Å². The van der Waals surface area contributed by atoms with E-state index in [1.165, 1.54) is 28.6 Å². The molecule has 0 unspecified atom stereocenters. The SMILES string of the molecule is C[C@@H]1CNCCN1S(=O)(=O)c1ccccc1[N+](=O)[O-]. The lowest BCUT2D eigenvalue weighted by atomic mass is 10.3. The standard InChI is InChI=1S/C11H15N3O4S/c1-9-8-12-6-7-13(9)19(17,18)11-5-3-2-4-10(11)14(15)16/h2-5,9,12H,6-8H2,1H3/t9-/m1/s1. The molecule has 1 N–H and O–H groups in total. The molecule has 1 aromatic rings. The number of nitro groups is 1. The van der Waals surface area contributed by atoms with Gasteiger partial charge in [-0.1, -0.05) is 12.1 Å². The van der Waals surface area contributed by atoms with E-state index in [1.54, 1.807) is 6.92 Å². The van der Waals surface area contributed by atoms with Crippen molar-refractivity contribution in [1.82, 2.24) is 9.62 Å². The first-order chi connectivity index (χ1) is 8.94. The maximum atomic E-state index is 12.5. The first kappa shape index (κ1) is 13.9. The zero-order chi connectivity index (χ0) is 14.0. The fraction of sp³-hybridized carbons (Fsp3) is 0.455. The van der Waals surface area contributed by atoms with Crippen LogP contribution in [0, 0.1) is 10.1 Å². The molecule has 0 aromatic heterocycles. The van der Waals surface area contributed by atoms with Crippen LogP contribution in [0.3, 0.4) is 0 Å². The number of piperazine rings is 1. The third-order valence-corrected chi connectivity index (χ3v) is 5.15. The Morgan fingerprint density at radius 3 is 2.74 bits per heavy atom. The molecule has 1 heterocycles. The van der Waals surface area contributed by atoms with Crippen molar-refractivity contribution in [3.63, 3.8) is 0 Å². The largest absolute Gasteiger partial charge is 0.314 e. The Morgan fingerprint density at radius 2 is 2.11 bits per heavy atom. The molecular weight excluding hydrogens is 270 g/mol. The van der Waals surface area contributed by atoms with Crippen LogP contribution in [0.1, 0.15) is 6.92 Å². The molecule has 7 nitrogen and oxygen atoms in total. The second-order valence-electron chi connectivity index (χ2n) is 4.39. The minimum Gasteiger partial charge on any atom is -0.314 e. The van der Waals surface area contributed by atoms with Crippen LogP contribution in [0.15, 0.2) is 29.2 Å². The Kier molecular flexibility index (Phi) is 3.83. The molecule has 0 aliphatic carbocycles. The van der Waals surface area contributed by atoms with E-state index in [4.69, 9.17) is 0 Å². The van der Waals surface area contributed by atoms with Crippen molar-refractivity contribution >= 4 is 15.7 Å². The summed E-state index contributed by atoms with van der Waals surface area (Å²) >= 11 is 0. The molecule has 8 heteroatoms. The minimum atomic E-state index is -3.84. The maximum Gasteiger partial charge on any atom is 0.289 e. The molecule has 1 saturated heterocycles. The molecule has 1 aliphatic heterocycles. The van der Waals surface area contributed by atoms with Crippen molar-refractivity contribution in [2.45, 2.75) is 17.9 Å². The summed E-state index contributed by atoms with van der Waals surface area (Å²) in [6.45, 7) is 3.18. The van der Waals surface area contributed by atoms with E-state index in [0.717, 1.165) is 0 Å². The zero-order valence-electron chi connectivity index (χ0n) is 10.4. The Balaban J connectivity index is 2.47. The number of benzene rings is 1. The van der Waals surface area contributed by atoms with E-state index in [1.807, 2.05) is 0 Å². The highest BCUT2D eigenvalue weighted by molar-refractivity contribution is 7.89. The summed E-state index contributed by atoms with van der Waals surface area (Å²) in [5, 5.41) is 14.0. The van der Waals surface area contributed by atoms with Gasteiger partial charge in [0.2, 0.25) is 10.0 Å². The Hall–Kier alpha value is -1.51. The second-order valence-corrected chi connectivity index (χ2v) is 6.25. The summed E-state index contributed by atoms with van der Waals surface area (Å²) in [7, 11) is -3.84. The number of rotatable bonds is 3. The van der Waals surface area contributed by atoms with Crippen molar-refractivity contribution in [3.05, 3.63) is 34.4 Å². The number of para-hydroxylation sites is 1. The highest BCUT2D eigenvalue weighted by Crippen LogP contribution is 2.27. The monoisotopic (exact) mass is 285 g/mol. The average molecular weight is 285 g/mol. The molecule has 0 bridgehead atoms. The van der Waals surface area contributed by atoms with Gasteiger partial charge in [-0.3, -0.25) is 10.1 Å². The van der Waals surface area contributed by atoms with Crippen LogP contribution < -0.4 is 5.32 Å². The molecule has 1 atom stereocenters. The van der Waals surface area contributed by atoms with Crippen molar-refractivity contribution in [2.24, 2.45) is 0 Å². The molecule has 0 radical (unpaired) electrons. The third-order valence-electron chi connectivity index (χ3n) is 3.09. The lowest BCUT2D eigenvalue weighted by Crippen LogP contribution is -2.52. The normalized spacial score (nSPS) is 21.2. The van der Waals surface area contributed by atoms with E-state index >= 15 is 0 Å². The van der Waals surface area contributed by atoms with Crippen molar-refractivity contribution in [3.8, 4) is 0 Å². The van der Waals surface area contributed by atoms with Crippen LogP contribution in [-0.2, 0) is 10.0 Å². The lowest BCUT2D eigenvalue weighted by Gasteiger charge is -2.32. The van der Waals surface area contributed by atoms with Crippen LogP contribution in [0.5, 0.6) is 0 Å². The van der Waals surface area contributed by atoms with Gasteiger partial charge in [0.05, 0.1) is 4.92 Å². The topological polar surface area (TPSA) is 92.6 Å². The summed E-state index contributed by atoms with van der Waals surface area (Å²) in [5.41, 5.74) is -0.381. The van der Waals surface area contributed by atoms with E-state index < -0.39 is 14.9 Å². The summed E-state index contributed by atoms with van der Waals surface area (Å²) in [5.74, 6) is 0. The molecule has 0 saturated carbocycles. The fourth-order valence-electron chi connectivity index (χ4n) is 2.13. The number of nitrogens with one attached hydrogen (secondary N) is 1. The molecule has 0 spiro atoms. The highest BCUT2D eigenvalue weighted by Gasteiger charge is 2.35. The number of sulfonamides is 1. The van der Waals surface area contributed by atoms with Gasteiger partial charge in [0, 0.05) is 31.7 Å². The summed E-state index contributed by atoms with van der Waals surface area (Å²) in [6.07, 6.45) is 0. The average Bonchev–Trinajstić information content (AvgIpc) is 2.39. The first-order valence-corrected chi connectivity index (χ1v) is 7.34. The van der Waals surface area contributed by atoms with E-state index in [0.29, 0.717) is 19.6 Å². The summed E-state index contributed by atoms with van der Waals surface area (Å²) in [4.78, 5) is 10.0. The van der Waals surface area contributed by atoms with Gasteiger partial charge in [-0.2, -0.15) is 4.31 Å². The number of nitro benzene ring substituents is 1. The van der Waals surface area contributed by atoms with Crippen LogP contribution in [0.2, 0.25) is 0 Å². The Labute approximate surface area is 111 Å². The van der Waals surface area contributed by atoms with Crippen LogP contribution in [0.4, 0.5) is 5.69 Å². The van der Waals surface area contributed by atoms with Crippen LogP contribution >= 0.6 is 0 Å². The van der Waals surface area contributed by atoms with Gasteiger partial charge in [-0.25, -0.2) is 8.42 Å². The predicted molar refractivity (Wildman–Crippen MR) is 69.3 cm³/mol. The molecule has 2 rings (SSSR count). The summed E-state index contributed by atoms with van der Waals surface area (Å²) in [6, 6.07) is 5.21. The van der Waals surface area contributed by atoms with E-state index in [9.17, 15) is 18.5 Å². The highest BCUT2D eigenvalue weighted by atomic mass is 32.2. The van der Waals surface area contributed by atoms with Gasteiger partial charge in [-0.15, -0.1) is 0 Å². The van der Waals surface area contributed by atoms with Crippen molar-refractivity contribution < 1.29 is 13.3 Å². The van der Waals surface area contributed by atoms with Gasteiger partial charge < -0.3 is 5.32 Å². The summed E-state index contributed by atoms with van der Waals surface area (Å²) < 4.78 is 26.3. The predicted octanol–water partition coefficient (Wildman–Crippen LogP) is 0.577. The molecule has 1 aromatic carbocycles. The van der Waals surface area contributed by atoms with Crippen molar-refractivity contribution in [2.75, 3.05) is 19.6 Å². The maximum absolute atomic E-state index is 12.5. The van der Waals surface area contributed by atoms with E-state index in [2.05, 4.69) is 5.32 Å². The molecule has 104 valence electrons. The van der Waals surface area contributed by atoms with Gasteiger partial charge in [0.1, 0.15) is 0 Å². The van der Waals surface area contributed by atoms with Crippen molar-refractivity contribution in [1.29, 1.82) is 0 Å². The number of hydrogen-bond donors (Lipinski definition) is 1. The number of nitrogens with zero attached hydrogens (tertiary/aromatic N) is 2. The van der Waals surface area contributed by atoms with Gasteiger partial charge in [0.25, 0.3) is 5.69 Å². The third kappa shape index (κ3) is 2.60. The smallest absolute Gasteiger partial charge is 0.289 e. The number of hydrogen-bond acceptors (Lipinski definition) is 5. The minimum absolute atomic E-state index is 0.224. The van der Waals surface area contributed by atoms with Gasteiger partial charge in [0.15, 0.2) is 4.90 Å². The fourth-order valence-corrected chi connectivity index (χ4v) is 3.92. The zero-order valence-corrected chi connectivity index (χ0v) is 11.3. The van der Waals surface area contributed by atoms with Gasteiger partial charge >= 0.3 is 0 Å². The molecule has 0 amide bonds. The Bertz CT molecular complexity index is 587.